The maximum Gasteiger partial charge on any atom is 0.264 e. The van der Waals surface area contributed by atoms with E-state index in [1.807, 2.05) is 0 Å². The largest absolute Gasteiger partial charge is 0.332 e. The summed E-state index contributed by atoms with van der Waals surface area (Å²) in [4.78, 5) is 27.3. The molecule has 0 unspecified atom stereocenters. The van der Waals surface area contributed by atoms with Crippen LogP contribution >= 0.6 is 34.5 Å². The van der Waals surface area contributed by atoms with Crippen LogP contribution in [0.4, 0.5) is 5.69 Å². The monoisotopic (exact) mass is 463 g/mol. The van der Waals surface area contributed by atoms with Crippen LogP contribution in [-0.4, -0.2) is 51.5 Å². The predicted molar refractivity (Wildman–Crippen MR) is 113 cm³/mol. The fourth-order valence-electron chi connectivity index (χ4n) is 2.26. The van der Waals surface area contributed by atoms with E-state index in [0.717, 1.165) is 11.1 Å². The van der Waals surface area contributed by atoms with E-state index < -0.39 is 15.9 Å². The average molecular weight is 464 g/mol. The van der Waals surface area contributed by atoms with Gasteiger partial charge in [-0.15, -0.1) is 11.3 Å². The first-order valence-corrected chi connectivity index (χ1v) is 11.6. The predicted octanol–water partition coefficient (Wildman–Crippen LogP) is 2.86. The molecule has 2 N–H and O–H groups in total. The number of thiophene rings is 1. The normalized spacial score (nSPS) is 11.3. The van der Waals surface area contributed by atoms with Crippen LogP contribution in [0, 0.1) is 0 Å². The number of carbonyl (C=O) groups is 2. The maximum atomic E-state index is 12.5. The van der Waals surface area contributed by atoms with Gasteiger partial charge in [-0.2, -0.15) is 0 Å². The Balaban J connectivity index is 1.92. The van der Waals surface area contributed by atoms with E-state index in [4.69, 9.17) is 23.2 Å². The van der Waals surface area contributed by atoms with E-state index in [0.29, 0.717) is 27.0 Å². The lowest BCUT2D eigenvalue weighted by Crippen LogP contribution is -2.34. The lowest BCUT2D eigenvalue weighted by Gasteiger charge is -2.16. The van der Waals surface area contributed by atoms with Gasteiger partial charge < -0.3 is 10.2 Å². The number of benzene rings is 1. The molecule has 0 bridgehead atoms. The van der Waals surface area contributed by atoms with Crippen molar-refractivity contribution in [2.75, 3.05) is 31.7 Å². The highest BCUT2D eigenvalue weighted by molar-refractivity contribution is 7.88. The Morgan fingerprint density at radius 1 is 1.14 bits per heavy atom. The second-order valence-corrected chi connectivity index (χ2v) is 9.80. The van der Waals surface area contributed by atoms with E-state index in [1.54, 1.807) is 30.3 Å². The van der Waals surface area contributed by atoms with Crippen molar-refractivity contribution in [3.63, 3.8) is 0 Å². The second-order valence-electron chi connectivity index (χ2n) is 5.99. The standard InChI is InChI=1S/C17H19Cl2N3O4S2/c1-22(10-15(23)21-16-12(18)4-3-5-13(16)19)17(24)14-7-6-11(27-14)8-9-20-28(2,25)26/h3-7,20H,8-10H2,1-2H3,(H,21,23). The summed E-state index contributed by atoms with van der Waals surface area (Å²) in [5.74, 6) is -0.743. The SMILES string of the molecule is CN(CC(=O)Nc1c(Cl)cccc1Cl)C(=O)c1ccc(CCNS(C)(=O)=O)s1. The molecule has 0 saturated heterocycles. The summed E-state index contributed by atoms with van der Waals surface area (Å²) in [7, 11) is -1.73. The molecule has 0 aliphatic carbocycles. The summed E-state index contributed by atoms with van der Waals surface area (Å²) >= 11 is 13.3. The topological polar surface area (TPSA) is 95.6 Å². The Morgan fingerprint density at radius 3 is 2.39 bits per heavy atom. The molecule has 0 fully saturated rings. The quantitative estimate of drug-likeness (QED) is 0.628. The smallest absolute Gasteiger partial charge is 0.264 e. The fourth-order valence-corrected chi connectivity index (χ4v) is 4.23. The Hall–Kier alpha value is -1.65. The first-order valence-electron chi connectivity index (χ1n) is 8.09. The highest BCUT2D eigenvalue weighted by atomic mass is 35.5. The number of nitrogens with zero attached hydrogens (tertiary/aromatic N) is 1. The van der Waals surface area contributed by atoms with Crippen LogP contribution in [0.5, 0.6) is 0 Å². The number of hydrogen-bond donors (Lipinski definition) is 2. The van der Waals surface area contributed by atoms with Gasteiger partial charge in [-0.3, -0.25) is 9.59 Å². The molecule has 1 heterocycles. The van der Waals surface area contributed by atoms with Gasteiger partial charge in [-0.25, -0.2) is 13.1 Å². The summed E-state index contributed by atoms with van der Waals surface area (Å²) in [5.41, 5.74) is 0.300. The van der Waals surface area contributed by atoms with Gasteiger partial charge in [0.1, 0.15) is 0 Å². The molecule has 1 aromatic heterocycles. The molecular weight excluding hydrogens is 445 g/mol. The summed E-state index contributed by atoms with van der Waals surface area (Å²) in [5, 5.41) is 3.22. The van der Waals surface area contributed by atoms with Crippen LogP contribution in [0.25, 0.3) is 0 Å². The zero-order valence-electron chi connectivity index (χ0n) is 15.2. The number of nitrogens with one attached hydrogen (secondary N) is 2. The number of hydrogen-bond acceptors (Lipinski definition) is 5. The molecule has 152 valence electrons. The minimum Gasteiger partial charge on any atom is -0.332 e. The van der Waals surface area contributed by atoms with Gasteiger partial charge >= 0.3 is 0 Å². The number of sulfonamides is 1. The Labute approximate surface area is 177 Å². The lowest BCUT2D eigenvalue weighted by molar-refractivity contribution is -0.116. The number of likely N-dealkylation sites (N-methyl/N-ethyl adjacent to an activating group) is 1. The molecule has 1 aromatic carbocycles. The molecule has 0 aliphatic heterocycles. The molecule has 11 heteroatoms. The summed E-state index contributed by atoms with van der Waals surface area (Å²) < 4.78 is 24.6. The molecule has 2 aromatic rings. The third-order valence-electron chi connectivity index (χ3n) is 3.56. The van der Waals surface area contributed by atoms with Crippen LogP contribution in [-0.2, 0) is 21.2 Å². The third-order valence-corrected chi connectivity index (χ3v) is 6.05. The first-order chi connectivity index (χ1) is 13.1. The molecule has 0 saturated carbocycles. The molecule has 0 atom stereocenters. The maximum absolute atomic E-state index is 12.5. The minimum atomic E-state index is -3.25. The van der Waals surface area contributed by atoms with Crippen molar-refractivity contribution in [1.29, 1.82) is 0 Å². The number of para-hydroxylation sites is 1. The van der Waals surface area contributed by atoms with E-state index in [-0.39, 0.29) is 19.0 Å². The van der Waals surface area contributed by atoms with Crippen molar-refractivity contribution in [2.24, 2.45) is 0 Å². The summed E-state index contributed by atoms with van der Waals surface area (Å²) in [6.45, 7) is 0.0765. The van der Waals surface area contributed by atoms with Crippen LogP contribution in [0.1, 0.15) is 14.5 Å². The Kier molecular flexibility index (Phi) is 7.85. The fraction of sp³-hybridized carbons (Fsp3) is 0.294. The van der Waals surface area contributed by atoms with Crippen molar-refractivity contribution < 1.29 is 18.0 Å². The minimum absolute atomic E-state index is 0.177. The summed E-state index contributed by atoms with van der Waals surface area (Å²) in [6.07, 6.45) is 1.56. The van der Waals surface area contributed by atoms with Crippen molar-refractivity contribution in [1.82, 2.24) is 9.62 Å². The number of rotatable bonds is 8. The van der Waals surface area contributed by atoms with Gasteiger partial charge in [0.15, 0.2) is 0 Å². The third kappa shape index (κ3) is 6.75. The van der Waals surface area contributed by atoms with Crippen molar-refractivity contribution in [3.8, 4) is 0 Å². The molecular formula is C17H19Cl2N3O4S2. The van der Waals surface area contributed by atoms with Crippen LogP contribution in [0.15, 0.2) is 30.3 Å². The average Bonchev–Trinajstić information content (AvgIpc) is 3.05. The van der Waals surface area contributed by atoms with Crippen molar-refractivity contribution in [2.45, 2.75) is 6.42 Å². The molecule has 2 amide bonds. The number of anilines is 1. The van der Waals surface area contributed by atoms with Crippen LogP contribution in [0.2, 0.25) is 10.0 Å². The first kappa shape index (κ1) is 22.6. The van der Waals surface area contributed by atoms with Gasteiger partial charge in [0.2, 0.25) is 15.9 Å². The Bertz CT molecular complexity index is 956. The van der Waals surface area contributed by atoms with E-state index in [9.17, 15) is 18.0 Å². The highest BCUT2D eigenvalue weighted by Crippen LogP contribution is 2.29. The number of halogens is 2. The van der Waals surface area contributed by atoms with Gasteiger partial charge in [0, 0.05) is 18.5 Å². The number of amides is 2. The number of carbonyl (C=O) groups excluding carboxylic acids is 2. The van der Waals surface area contributed by atoms with Crippen LogP contribution in [0.3, 0.4) is 0 Å². The molecule has 28 heavy (non-hydrogen) atoms. The molecule has 0 aliphatic rings. The van der Waals surface area contributed by atoms with E-state index in [1.165, 1.54) is 23.3 Å². The molecule has 0 radical (unpaired) electrons. The zero-order valence-corrected chi connectivity index (χ0v) is 18.3. The summed E-state index contributed by atoms with van der Waals surface area (Å²) in [6, 6.07) is 8.28. The van der Waals surface area contributed by atoms with Gasteiger partial charge in [0.05, 0.1) is 33.4 Å². The highest BCUT2D eigenvalue weighted by Gasteiger charge is 2.18. The molecule has 2 rings (SSSR count). The van der Waals surface area contributed by atoms with Crippen molar-refractivity contribution in [3.05, 3.63) is 50.1 Å². The zero-order chi connectivity index (χ0) is 20.9. The second kappa shape index (κ2) is 9.71. The van der Waals surface area contributed by atoms with Crippen LogP contribution < -0.4 is 10.0 Å². The van der Waals surface area contributed by atoms with Gasteiger partial charge in [-0.05, 0) is 30.7 Å². The van der Waals surface area contributed by atoms with Crippen molar-refractivity contribution >= 4 is 62.1 Å². The molecule has 7 nitrogen and oxygen atoms in total. The molecule has 0 spiro atoms. The van der Waals surface area contributed by atoms with E-state index >= 15 is 0 Å². The Morgan fingerprint density at radius 2 is 1.79 bits per heavy atom. The van der Waals surface area contributed by atoms with Gasteiger partial charge in [0.25, 0.3) is 5.91 Å². The lowest BCUT2D eigenvalue weighted by atomic mass is 10.3. The van der Waals surface area contributed by atoms with E-state index in [2.05, 4.69) is 10.0 Å². The van der Waals surface area contributed by atoms with Gasteiger partial charge in [-0.1, -0.05) is 29.3 Å².